The van der Waals surface area contributed by atoms with Crippen LogP contribution in [0.25, 0.3) is 0 Å². The fourth-order valence-electron chi connectivity index (χ4n) is 10.4. The molecule has 1 aliphatic rings. The molecule has 1 amide bonds. The third kappa shape index (κ3) is 38.7. The molecule has 2 unspecified atom stereocenters. The van der Waals surface area contributed by atoms with Crippen molar-refractivity contribution in [2.24, 2.45) is 0 Å². The molecule has 0 radical (unpaired) electrons. The molecular formula is C60H119NO9. The number of rotatable bonds is 54. The molecule has 70 heavy (non-hydrogen) atoms. The van der Waals surface area contributed by atoms with Crippen LogP contribution in [0.3, 0.4) is 0 Å². The normalized spacial score (nSPS) is 19.7. The molecule has 0 spiro atoms. The van der Waals surface area contributed by atoms with Gasteiger partial charge in [0.15, 0.2) is 6.29 Å². The van der Waals surface area contributed by atoms with Crippen LogP contribution in [-0.4, -0.2) is 98.7 Å². The lowest BCUT2D eigenvalue weighted by Crippen LogP contribution is -2.60. The first kappa shape index (κ1) is 67.2. The van der Waals surface area contributed by atoms with Crippen LogP contribution in [0.1, 0.15) is 316 Å². The Morgan fingerprint density at radius 1 is 0.443 bits per heavy atom. The van der Waals surface area contributed by atoms with Gasteiger partial charge in [0.2, 0.25) is 5.91 Å². The lowest BCUT2D eigenvalue weighted by atomic mass is 9.98. The Hall–Kier alpha value is -0.850. The number of carbonyl (C=O) groups excluding carboxylic acids is 1. The Bertz CT molecular complexity index is 1080. The molecule has 10 heteroatoms. The molecule has 0 aromatic rings. The van der Waals surface area contributed by atoms with E-state index in [0.29, 0.717) is 6.42 Å². The van der Waals surface area contributed by atoms with Gasteiger partial charge in [0.25, 0.3) is 0 Å². The highest BCUT2D eigenvalue weighted by Crippen LogP contribution is 2.24. The summed E-state index contributed by atoms with van der Waals surface area (Å²) < 4.78 is 11.2. The van der Waals surface area contributed by atoms with Gasteiger partial charge in [-0.3, -0.25) is 4.79 Å². The van der Waals surface area contributed by atoms with Gasteiger partial charge in [0.1, 0.15) is 30.5 Å². The number of hydrogen-bond acceptors (Lipinski definition) is 9. The summed E-state index contributed by atoms with van der Waals surface area (Å²) in [6.45, 7) is 3.64. The molecule has 1 heterocycles. The molecule has 418 valence electrons. The number of hydrogen-bond donors (Lipinski definition) is 7. The first-order valence-electron chi connectivity index (χ1n) is 30.8. The summed E-state index contributed by atoms with van der Waals surface area (Å²) in [7, 11) is 0. The van der Waals surface area contributed by atoms with Gasteiger partial charge in [-0.05, 0) is 12.8 Å². The predicted octanol–water partition coefficient (Wildman–Crippen LogP) is 14.4. The second-order valence-corrected chi connectivity index (χ2v) is 22.0. The first-order valence-corrected chi connectivity index (χ1v) is 30.8. The molecule has 0 aromatic carbocycles. The molecule has 1 saturated heterocycles. The number of amides is 1. The van der Waals surface area contributed by atoms with Crippen molar-refractivity contribution in [3.63, 3.8) is 0 Å². The minimum atomic E-state index is -1.60. The largest absolute Gasteiger partial charge is 0.394 e. The van der Waals surface area contributed by atoms with Crippen molar-refractivity contribution in [3.05, 3.63) is 0 Å². The first-order chi connectivity index (χ1) is 34.3. The van der Waals surface area contributed by atoms with E-state index in [4.69, 9.17) is 9.47 Å². The molecular weight excluding hydrogens is 879 g/mol. The molecule has 10 nitrogen and oxygen atoms in total. The monoisotopic (exact) mass is 998 g/mol. The van der Waals surface area contributed by atoms with Crippen LogP contribution in [0.5, 0.6) is 0 Å². The summed E-state index contributed by atoms with van der Waals surface area (Å²) in [5.74, 6) is -0.251. The van der Waals surface area contributed by atoms with Gasteiger partial charge in [-0.2, -0.15) is 0 Å². The number of ether oxygens (including phenoxy) is 2. The van der Waals surface area contributed by atoms with Crippen LogP contribution in [0, 0.1) is 0 Å². The SMILES string of the molecule is CCCCCCCCCCCCCCCCCCCCCCCCCCCCCCCCCCCCC(=O)N[C@@H](CO[C@@H]1O[C@H](CO)[C@@H](O)C(O)C1O)[C@H](O)[C@H](O)CCCCCCCCCCCCC. The van der Waals surface area contributed by atoms with Crippen LogP contribution in [-0.2, 0) is 14.3 Å². The number of carbonyl (C=O) groups is 1. The Labute approximate surface area is 432 Å². The summed E-state index contributed by atoms with van der Waals surface area (Å²) in [6, 6.07) is -0.985. The molecule has 7 N–H and O–H groups in total. The number of nitrogens with one attached hydrogen (secondary N) is 1. The Morgan fingerprint density at radius 2 is 0.743 bits per heavy atom. The van der Waals surface area contributed by atoms with Crippen LogP contribution in [0.4, 0.5) is 0 Å². The topological polar surface area (TPSA) is 169 Å². The van der Waals surface area contributed by atoms with E-state index >= 15 is 0 Å². The lowest BCUT2D eigenvalue weighted by molar-refractivity contribution is -0.303. The number of unbranched alkanes of at least 4 members (excludes halogenated alkanes) is 43. The summed E-state index contributed by atoms with van der Waals surface area (Å²) in [4.78, 5) is 13.1. The fourth-order valence-corrected chi connectivity index (χ4v) is 10.4. The molecule has 0 bridgehead atoms. The van der Waals surface area contributed by atoms with Crippen molar-refractivity contribution in [2.45, 2.75) is 365 Å². The quantitative estimate of drug-likeness (QED) is 0.0293. The highest BCUT2D eigenvalue weighted by Gasteiger charge is 2.44. The average molecular weight is 999 g/mol. The molecule has 1 fully saturated rings. The summed E-state index contributed by atoms with van der Waals surface area (Å²) >= 11 is 0. The Balaban J connectivity index is 2.08. The van der Waals surface area contributed by atoms with Crippen LogP contribution < -0.4 is 5.32 Å². The van der Waals surface area contributed by atoms with Gasteiger partial charge < -0.3 is 45.4 Å². The molecule has 1 aliphatic heterocycles. The maximum absolute atomic E-state index is 13.1. The average Bonchev–Trinajstić information content (AvgIpc) is 3.36. The van der Waals surface area contributed by atoms with Gasteiger partial charge in [0.05, 0.1) is 25.4 Å². The third-order valence-electron chi connectivity index (χ3n) is 15.3. The van der Waals surface area contributed by atoms with Crippen molar-refractivity contribution in [2.75, 3.05) is 13.2 Å². The maximum Gasteiger partial charge on any atom is 0.220 e. The van der Waals surface area contributed by atoms with Gasteiger partial charge >= 0.3 is 0 Å². The standard InChI is InChI=1S/C60H119NO9/c1-3-5-7-9-11-13-15-16-17-18-19-20-21-22-23-24-25-26-27-28-29-30-31-32-33-34-35-36-37-39-41-43-45-47-49-55(64)61-52(51-69-60-59(68)58(67)57(66)54(50-62)70-60)56(65)53(63)48-46-44-42-40-38-14-12-10-8-6-4-2/h52-54,56-60,62-63,65-68H,3-51H2,1-2H3,(H,61,64)/t52-,53+,54+,56-,57+,58?,59?,60+/m0/s1. The van der Waals surface area contributed by atoms with E-state index in [1.807, 2.05) is 0 Å². The van der Waals surface area contributed by atoms with E-state index in [2.05, 4.69) is 19.2 Å². The maximum atomic E-state index is 13.1. The number of aliphatic hydroxyl groups excluding tert-OH is 6. The smallest absolute Gasteiger partial charge is 0.220 e. The summed E-state index contributed by atoms with van der Waals surface area (Å²) in [6.07, 6.45) is 50.3. The van der Waals surface area contributed by atoms with Crippen molar-refractivity contribution in [3.8, 4) is 0 Å². The van der Waals surface area contributed by atoms with E-state index < -0.39 is 55.6 Å². The molecule has 0 aliphatic carbocycles. The second kappa shape index (κ2) is 50.3. The molecule has 8 atom stereocenters. The number of aliphatic hydroxyl groups is 6. The van der Waals surface area contributed by atoms with Crippen LogP contribution >= 0.6 is 0 Å². The highest BCUT2D eigenvalue weighted by molar-refractivity contribution is 5.76. The van der Waals surface area contributed by atoms with E-state index in [1.54, 1.807) is 0 Å². The van der Waals surface area contributed by atoms with Gasteiger partial charge in [-0.15, -0.1) is 0 Å². The highest BCUT2D eigenvalue weighted by atomic mass is 16.7. The van der Waals surface area contributed by atoms with Crippen molar-refractivity contribution in [1.29, 1.82) is 0 Å². The summed E-state index contributed by atoms with van der Waals surface area (Å²) in [5, 5.41) is 65.4. The zero-order valence-electron chi connectivity index (χ0n) is 46.2. The van der Waals surface area contributed by atoms with Crippen molar-refractivity contribution < 1.29 is 44.9 Å². The van der Waals surface area contributed by atoms with Gasteiger partial charge in [0, 0.05) is 6.42 Å². The fraction of sp³-hybridized carbons (Fsp3) is 0.983. The van der Waals surface area contributed by atoms with Crippen molar-refractivity contribution >= 4 is 5.91 Å². The van der Waals surface area contributed by atoms with Crippen molar-refractivity contribution in [1.82, 2.24) is 5.32 Å². The minimum Gasteiger partial charge on any atom is -0.394 e. The Morgan fingerprint density at radius 3 is 1.06 bits per heavy atom. The minimum absolute atomic E-state index is 0.251. The Kier molecular flexibility index (Phi) is 48.3. The van der Waals surface area contributed by atoms with Crippen LogP contribution in [0.2, 0.25) is 0 Å². The van der Waals surface area contributed by atoms with Gasteiger partial charge in [-0.25, -0.2) is 0 Å². The zero-order chi connectivity index (χ0) is 51.0. The lowest BCUT2D eigenvalue weighted by Gasteiger charge is -2.40. The second-order valence-electron chi connectivity index (χ2n) is 22.0. The molecule has 0 saturated carbocycles. The zero-order valence-corrected chi connectivity index (χ0v) is 46.2. The third-order valence-corrected chi connectivity index (χ3v) is 15.3. The van der Waals surface area contributed by atoms with E-state index in [0.717, 1.165) is 44.9 Å². The van der Waals surface area contributed by atoms with Crippen LogP contribution in [0.15, 0.2) is 0 Å². The predicted molar refractivity (Wildman–Crippen MR) is 292 cm³/mol. The van der Waals surface area contributed by atoms with Gasteiger partial charge in [-0.1, -0.05) is 296 Å². The molecule has 1 rings (SSSR count). The van der Waals surface area contributed by atoms with E-state index in [-0.39, 0.29) is 18.9 Å². The van der Waals surface area contributed by atoms with E-state index in [1.165, 1.54) is 244 Å². The summed E-state index contributed by atoms with van der Waals surface area (Å²) in [5.41, 5.74) is 0. The molecule has 0 aromatic heterocycles. The van der Waals surface area contributed by atoms with E-state index in [9.17, 15) is 35.4 Å².